The monoisotopic (exact) mass is 253 g/mol. The first-order valence-electron chi connectivity index (χ1n) is 5.78. The van der Waals surface area contributed by atoms with E-state index in [4.69, 9.17) is 0 Å². The molecule has 17 heavy (non-hydrogen) atoms. The van der Waals surface area contributed by atoms with E-state index in [1.807, 2.05) is 6.92 Å². The van der Waals surface area contributed by atoms with Gasteiger partial charge in [-0.2, -0.15) is 13.2 Å². The van der Waals surface area contributed by atoms with E-state index < -0.39 is 12.2 Å². The van der Waals surface area contributed by atoms with E-state index in [0.717, 1.165) is 6.42 Å². The smallest absolute Gasteiger partial charge is 0.338 e. The van der Waals surface area contributed by atoms with Crippen LogP contribution in [0.4, 0.5) is 18.0 Å². The van der Waals surface area contributed by atoms with Gasteiger partial charge >= 0.3 is 12.2 Å². The highest BCUT2D eigenvalue weighted by Gasteiger charge is 2.41. The Balaban J connectivity index is 2.25. The molecule has 1 aliphatic heterocycles. The van der Waals surface area contributed by atoms with E-state index in [0.29, 0.717) is 13.0 Å². The quantitative estimate of drug-likeness (QED) is 0.711. The summed E-state index contributed by atoms with van der Waals surface area (Å²) in [6.07, 6.45) is -3.03. The molecule has 0 saturated carbocycles. The zero-order valence-electron chi connectivity index (χ0n) is 9.73. The number of carbonyl (C=O) groups excluding carboxylic acids is 1. The van der Waals surface area contributed by atoms with Crippen molar-refractivity contribution < 1.29 is 18.0 Å². The van der Waals surface area contributed by atoms with Crippen molar-refractivity contribution >= 4 is 6.03 Å². The zero-order chi connectivity index (χ0) is 12.9. The summed E-state index contributed by atoms with van der Waals surface area (Å²) in [7, 11) is 0. The third-order valence-electron chi connectivity index (χ3n) is 2.68. The standard InChI is InChI=1S/C10H18F3N3O/c1-2-5-14-9(17)16-7-3-4-8(15-6-7)10(11,12)13/h7-8,15H,2-6H2,1H3,(H2,14,16,17). The Bertz CT molecular complexity index is 250. The summed E-state index contributed by atoms with van der Waals surface area (Å²) in [5.41, 5.74) is 0. The minimum absolute atomic E-state index is 0.00221. The molecule has 0 spiro atoms. The summed E-state index contributed by atoms with van der Waals surface area (Å²) in [4.78, 5) is 11.3. The van der Waals surface area contributed by atoms with Crippen molar-refractivity contribution in [1.29, 1.82) is 0 Å². The fraction of sp³-hybridized carbons (Fsp3) is 0.900. The van der Waals surface area contributed by atoms with E-state index in [1.54, 1.807) is 0 Å². The van der Waals surface area contributed by atoms with Crippen LogP contribution < -0.4 is 16.0 Å². The molecule has 4 nitrogen and oxygen atoms in total. The molecule has 0 radical (unpaired) electrons. The summed E-state index contributed by atoms with van der Waals surface area (Å²) in [5, 5.41) is 7.67. The zero-order valence-corrected chi connectivity index (χ0v) is 9.73. The van der Waals surface area contributed by atoms with Gasteiger partial charge in [-0.3, -0.25) is 0 Å². The Morgan fingerprint density at radius 3 is 2.59 bits per heavy atom. The summed E-state index contributed by atoms with van der Waals surface area (Å²) < 4.78 is 37.0. The summed E-state index contributed by atoms with van der Waals surface area (Å²) in [6.45, 7) is 2.65. The van der Waals surface area contributed by atoms with Gasteiger partial charge in [0, 0.05) is 19.1 Å². The SMILES string of the molecule is CCCNC(=O)NC1CCC(C(F)(F)F)NC1. The molecule has 100 valence electrons. The highest BCUT2D eigenvalue weighted by Crippen LogP contribution is 2.25. The first-order chi connectivity index (χ1) is 7.93. The highest BCUT2D eigenvalue weighted by molar-refractivity contribution is 5.74. The fourth-order valence-electron chi connectivity index (χ4n) is 1.73. The summed E-state index contributed by atoms with van der Waals surface area (Å²) in [5.74, 6) is 0. The lowest BCUT2D eigenvalue weighted by Gasteiger charge is -2.31. The maximum Gasteiger partial charge on any atom is 0.403 e. The number of nitrogens with one attached hydrogen (secondary N) is 3. The van der Waals surface area contributed by atoms with Crippen LogP contribution in [0.2, 0.25) is 0 Å². The van der Waals surface area contributed by atoms with Gasteiger partial charge in [0.2, 0.25) is 0 Å². The second-order valence-corrected chi connectivity index (χ2v) is 4.18. The number of hydrogen-bond acceptors (Lipinski definition) is 2. The Kier molecular flexibility index (Phi) is 5.04. The minimum Gasteiger partial charge on any atom is -0.338 e. The van der Waals surface area contributed by atoms with Crippen LogP contribution in [-0.2, 0) is 0 Å². The lowest BCUT2D eigenvalue weighted by Crippen LogP contribution is -2.55. The van der Waals surface area contributed by atoms with Crippen LogP contribution in [0.5, 0.6) is 0 Å². The van der Waals surface area contributed by atoms with E-state index in [2.05, 4.69) is 16.0 Å². The Morgan fingerprint density at radius 1 is 1.41 bits per heavy atom. The van der Waals surface area contributed by atoms with Crippen molar-refractivity contribution in [2.75, 3.05) is 13.1 Å². The molecule has 1 fully saturated rings. The third kappa shape index (κ3) is 4.80. The molecular weight excluding hydrogens is 235 g/mol. The van der Waals surface area contributed by atoms with Crippen molar-refractivity contribution in [2.45, 2.75) is 44.4 Å². The van der Waals surface area contributed by atoms with Gasteiger partial charge in [-0.1, -0.05) is 6.92 Å². The molecule has 1 rings (SSSR count). The number of hydrogen-bond donors (Lipinski definition) is 3. The summed E-state index contributed by atoms with van der Waals surface area (Å²) >= 11 is 0. The molecule has 0 aromatic rings. The van der Waals surface area contributed by atoms with Gasteiger partial charge in [0.1, 0.15) is 6.04 Å². The van der Waals surface area contributed by atoms with Gasteiger partial charge in [0.05, 0.1) is 0 Å². The second kappa shape index (κ2) is 6.09. The van der Waals surface area contributed by atoms with Crippen molar-refractivity contribution in [3.63, 3.8) is 0 Å². The van der Waals surface area contributed by atoms with Crippen LogP contribution in [0.15, 0.2) is 0 Å². The molecule has 0 aromatic carbocycles. The molecular formula is C10H18F3N3O. The van der Waals surface area contributed by atoms with Crippen molar-refractivity contribution in [2.24, 2.45) is 0 Å². The molecule has 0 aromatic heterocycles. The number of rotatable bonds is 3. The number of halogens is 3. The first kappa shape index (κ1) is 14.1. The molecule has 0 aliphatic carbocycles. The fourth-order valence-corrected chi connectivity index (χ4v) is 1.73. The van der Waals surface area contributed by atoms with Gasteiger partial charge < -0.3 is 16.0 Å². The highest BCUT2D eigenvalue weighted by atomic mass is 19.4. The van der Waals surface area contributed by atoms with Crippen LogP contribution in [-0.4, -0.2) is 37.4 Å². The molecule has 2 amide bonds. The average molecular weight is 253 g/mol. The number of urea groups is 1. The van der Waals surface area contributed by atoms with Gasteiger partial charge in [-0.25, -0.2) is 4.79 Å². The molecule has 1 aliphatic rings. The molecule has 1 saturated heterocycles. The normalized spacial score (nSPS) is 25.4. The van der Waals surface area contributed by atoms with Crippen LogP contribution in [0.3, 0.4) is 0 Å². The second-order valence-electron chi connectivity index (χ2n) is 4.18. The van der Waals surface area contributed by atoms with Crippen LogP contribution in [0, 0.1) is 0 Å². The molecule has 1 heterocycles. The first-order valence-corrected chi connectivity index (χ1v) is 5.78. The van der Waals surface area contributed by atoms with Crippen molar-refractivity contribution in [3.05, 3.63) is 0 Å². The van der Waals surface area contributed by atoms with Gasteiger partial charge in [-0.05, 0) is 19.3 Å². The predicted molar refractivity (Wildman–Crippen MR) is 57.7 cm³/mol. The molecule has 3 N–H and O–H groups in total. The van der Waals surface area contributed by atoms with Crippen LogP contribution in [0.25, 0.3) is 0 Å². The Labute approximate surface area is 98.3 Å². The maximum absolute atomic E-state index is 12.3. The molecule has 2 unspecified atom stereocenters. The average Bonchev–Trinajstić information content (AvgIpc) is 2.26. The van der Waals surface area contributed by atoms with Gasteiger partial charge in [-0.15, -0.1) is 0 Å². The van der Waals surface area contributed by atoms with Crippen molar-refractivity contribution in [1.82, 2.24) is 16.0 Å². The topological polar surface area (TPSA) is 53.2 Å². The Hall–Kier alpha value is -0.980. The van der Waals surface area contributed by atoms with Gasteiger partial charge in [0.15, 0.2) is 0 Å². The summed E-state index contributed by atoms with van der Waals surface area (Å²) in [6, 6.07) is -1.99. The van der Waals surface area contributed by atoms with Crippen molar-refractivity contribution in [3.8, 4) is 0 Å². The Morgan fingerprint density at radius 2 is 2.12 bits per heavy atom. The van der Waals surface area contributed by atoms with E-state index in [-0.39, 0.29) is 25.0 Å². The molecule has 7 heteroatoms. The third-order valence-corrected chi connectivity index (χ3v) is 2.68. The number of alkyl halides is 3. The minimum atomic E-state index is -4.20. The van der Waals surface area contributed by atoms with E-state index >= 15 is 0 Å². The predicted octanol–water partition coefficient (Wildman–Crippen LogP) is 1.38. The number of carbonyl (C=O) groups is 1. The van der Waals surface area contributed by atoms with E-state index in [1.165, 1.54) is 0 Å². The molecule has 0 bridgehead atoms. The lowest BCUT2D eigenvalue weighted by molar-refractivity contribution is -0.160. The van der Waals surface area contributed by atoms with E-state index in [9.17, 15) is 18.0 Å². The number of piperidine rings is 1. The largest absolute Gasteiger partial charge is 0.403 e. The van der Waals surface area contributed by atoms with Crippen LogP contribution >= 0.6 is 0 Å². The van der Waals surface area contributed by atoms with Crippen LogP contribution in [0.1, 0.15) is 26.2 Å². The van der Waals surface area contributed by atoms with Gasteiger partial charge in [0.25, 0.3) is 0 Å². The maximum atomic E-state index is 12.3. The lowest BCUT2D eigenvalue weighted by atomic mass is 10.0. The molecule has 2 atom stereocenters. The number of amides is 2.